The van der Waals surface area contributed by atoms with Crippen molar-refractivity contribution in [2.75, 3.05) is 19.7 Å². The Bertz CT molecular complexity index is 125. The molecule has 58 valence electrons. The molecule has 0 bridgehead atoms. The van der Waals surface area contributed by atoms with Crippen LogP contribution in [0.1, 0.15) is 12.8 Å². The first-order chi connectivity index (χ1) is 4.84. The molecule has 0 radical (unpaired) electrons. The number of carbonyl (C=O) groups excluding carboxylic acids is 1. The van der Waals surface area contributed by atoms with E-state index < -0.39 is 0 Å². The van der Waals surface area contributed by atoms with Crippen LogP contribution in [-0.2, 0) is 9.63 Å². The van der Waals surface area contributed by atoms with Crippen molar-refractivity contribution in [1.82, 2.24) is 5.06 Å². The third-order valence-electron chi connectivity index (χ3n) is 1.39. The van der Waals surface area contributed by atoms with Gasteiger partial charge in [0.2, 0.25) is 5.91 Å². The Balaban J connectivity index is 2.32. The molecule has 1 rings (SSSR count). The van der Waals surface area contributed by atoms with Crippen molar-refractivity contribution in [1.29, 1.82) is 0 Å². The molecule has 1 saturated heterocycles. The van der Waals surface area contributed by atoms with Crippen molar-refractivity contribution in [2.24, 2.45) is 5.73 Å². The highest BCUT2D eigenvalue weighted by molar-refractivity contribution is 5.75. The minimum absolute atomic E-state index is 0.0525. The summed E-state index contributed by atoms with van der Waals surface area (Å²) in [7, 11) is 0. The van der Waals surface area contributed by atoms with Gasteiger partial charge in [-0.3, -0.25) is 9.63 Å². The van der Waals surface area contributed by atoms with E-state index in [0.717, 1.165) is 6.42 Å². The quantitative estimate of drug-likeness (QED) is 0.568. The van der Waals surface area contributed by atoms with Crippen LogP contribution in [0, 0.1) is 0 Å². The fourth-order valence-electron chi connectivity index (χ4n) is 0.901. The lowest BCUT2D eigenvalue weighted by molar-refractivity contribution is -0.197. The molecule has 0 unspecified atom stereocenters. The van der Waals surface area contributed by atoms with Crippen LogP contribution in [0.5, 0.6) is 0 Å². The van der Waals surface area contributed by atoms with E-state index in [1.165, 1.54) is 5.06 Å². The molecule has 1 fully saturated rings. The lowest BCUT2D eigenvalue weighted by atomic mass is 10.3. The first-order valence-electron chi connectivity index (χ1n) is 3.48. The predicted molar refractivity (Wildman–Crippen MR) is 36.0 cm³/mol. The van der Waals surface area contributed by atoms with Gasteiger partial charge in [0.1, 0.15) is 0 Å². The summed E-state index contributed by atoms with van der Waals surface area (Å²) in [5.41, 5.74) is 5.25. The predicted octanol–water partition coefficient (Wildman–Crippen LogP) is -0.501. The topological polar surface area (TPSA) is 55.6 Å². The van der Waals surface area contributed by atoms with E-state index in [4.69, 9.17) is 10.6 Å². The second kappa shape index (κ2) is 3.53. The van der Waals surface area contributed by atoms with Gasteiger partial charge in [-0.05, 0) is 6.42 Å². The van der Waals surface area contributed by atoms with Crippen molar-refractivity contribution < 1.29 is 9.63 Å². The summed E-state index contributed by atoms with van der Waals surface area (Å²) < 4.78 is 0. The van der Waals surface area contributed by atoms with E-state index >= 15 is 0 Å². The number of nitrogens with two attached hydrogens (primary N) is 1. The molecular formula is C6H12N2O2. The minimum Gasteiger partial charge on any atom is -0.329 e. The molecular weight excluding hydrogens is 132 g/mol. The zero-order valence-electron chi connectivity index (χ0n) is 5.88. The van der Waals surface area contributed by atoms with E-state index in [2.05, 4.69) is 0 Å². The van der Waals surface area contributed by atoms with Gasteiger partial charge >= 0.3 is 0 Å². The van der Waals surface area contributed by atoms with Gasteiger partial charge in [0, 0.05) is 13.0 Å². The third kappa shape index (κ3) is 1.68. The van der Waals surface area contributed by atoms with Gasteiger partial charge in [0.15, 0.2) is 0 Å². The van der Waals surface area contributed by atoms with Crippen LogP contribution in [0.25, 0.3) is 0 Å². The van der Waals surface area contributed by atoms with Gasteiger partial charge in [0.05, 0.1) is 13.2 Å². The van der Waals surface area contributed by atoms with Crippen LogP contribution in [-0.4, -0.2) is 30.7 Å². The summed E-state index contributed by atoms with van der Waals surface area (Å²) in [4.78, 5) is 16.0. The van der Waals surface area contributed by atoms with Crippen LogP contribution in [0.2, 0.25) is 0 Å². The van der Waals surface area contributed by atoms with E-state index in [-0.39, 0.29) is 5.91 Å². The molecule has 1 amide bonds. The van der Waals surface area contributed by atoms with Crippen molar-refractivity contribution in [3.05, 3.63) is 0 Å². The number of hydrogen-bond acceptors (Lipinski definition) is 3. The molecule has 0 aromatic rings. The molecule has 1 aliphatic rings. The van der Waals surface area contributed by atoms with E-state index in [1.807, 2.05) is 0 Å². The van der Waals surface area contributed by atoms with Crippen LogP contribution in [0.4, 0.5) is 0 Å². The maximum absolute atomic E-state index is 10.9. The fourth-order valence-corrected chi connectivity index (χ4v) is 0.901. The highest BCUT2D eigenvalue weighted by atomic mass is 16.7. The second-order valence-electron chi connectivity index (χ2n) is 2.22. The maximum Gasteiger partial charge on any atom is 0.246 e. The Morgan fingerprint density at radius 3 is 3.10 bits per heavy atom. The number of carbonyl (C=O) groups is 1. The molecule has 0 aromatic carbocycles. The average Bonchev–Trinajstić information content (AvgIpc) is 1.94. The molecule has 0 atom stereocenters. The van der Waals surface area contributed by atoms with Crippen molar-refractivity contribution in [2.45, 2.75) is 12.8 Å². The molecule has 10 heavy (non-hydrogen) atoms. The first kappa shape index (κ1) is 7.50. The molecule has 4 nitrogen and oxygen atoms in total. The van der Waals surface area contributed by atoms with Gasteiger partial charge in [0.25, 0.3) is 0 Å². The van der Waals surface area contributed by atoms with Crippen LogP contribution in [0.3, 0.4) is 0 Å². The fraction of sp³-hybridized carbons (Fsp3) is 0.833. The molecule has 0 spiro atoms. The second-order valence-corrected chi connectivity index (χ2v) is 2.22. The van der Waals surface area contributed by atoms with E-state index in [9.17, 15) is 4.79 Å². The highest BCUT2D eigenvalue weighted by Crippen LogP contribution is 2.05. The molecule has 0 aromatic heterocycles. The highest BCUT2D eigenvalue weighted by Gasteiger charge is 2.17. The summed E-state index contributed by atoms with van der Waals surface area (Å²) in [6.07, 6.45) is 1.43. The zero-order chi connectivity index (χ0) is 7.40. The number of amides is 1. The smallest absolute Gasteiger partial charge is 0.246 e. The van der Waals surface area contributed by atoms with Gasteiger partial charge in [-0.25, -0.2) is 5.06 Å². The Morgan fingerprint density at radius 2 is 2.50 bits per heavy atom. The monoisotopic (exact) mass is 144 g/mol. The summed E-state index contributed by atoms with van der Waals surface area (Å²) >= 11 is 0. The standard InChI is InChI=1S/C6H12N2O2/c7-3-4-8-6(9)2-1-5-10-8/h1-5,7H2. The average molecular weight is 144 g/mol. The molecule has 1 aliphatic heterocycles. The van der Waals surface area contributed by atoms with Gasteiger partial charge in [-0.2, -0.15) is 0 Å². The molecule has 0 saturated carbocycles. The summed E-state index contributed by atoms with van der Waals surface area (Å²) in [6, 6.07) is 0. The van der Waals surface area contributed by atoms with Crippen LogP contribution < -0.4 is 5.73 Å². The lowest BCUT2D eigenvalue weighted by Crippen LogP contribution is -2.38. The Morgan fingerprint density at radius 1 is 1.70 bits per heavy atom. The van der Waals surface area contributed by atoms with Gasteiger partial charge in [-0.1, -0.05) is 0 Å². The van der Waals surface area contributed by atoms with E-state index in [0.29, 0.717) is 26.1 Å². The van der Waals surface area contributed by atoms with Crippen molar-refractivity contribution in [3.8, 4) is 0 Å². The summed E-state index contributed by atoms with van der Waals surface area (Å²) in [5, 5.41) is 1.35. The van der Waals surface area contributed by atoms with Crippen molar-refractivity contribution in [3.63, 3.8) is 0 Å². The van der Waals surface area contributed by atoms with Crippen LogP contribution >= 0.6 is 0 Å². The summed E-state index contributed by atoms with van der Waals surface area (Å²) in [5.74, 6) is 0.0525. The van der Waals surface area contributed by atoms with Crippen LogP contribution in [0.15, 0.2) is 0 Å². The lowest BCUT2D eigenvalue weighted by Gasteiger charge is -2.24. The number of nitrogens with zero attached hydrogens (tertiary/aromatic N) is 1. The molecule has 2 N–H and O–H groups in total. The minimum atomic E-state index is 0.0525. The zero-order valence-corrected chi connectivity index (χ0v) is 5.88. The SMILES string of the molecule is NCCN1OCCCC1=O. The normalized spacial score (nSPS) is 19.7. The van der Waals surface area contributed by atoms with Crippen molar-refractivity contribution >= 4 is 5.91 Å². The van der Waals surface area contributed by atoms with Gasteiger partial charge in [-0.15, -0.1) is 0 Å². The molecule has 1 heterocycles. The number of hydroxylamine groups is 2. The first-order valence-corrected chi connectivity index (χ1v) is 3.48. The Hall–Kier alpha value is -0.610. The Kier molecular flexibility index (Phi) is 2.65. The van der Waals surface area contributed by atoms with E-state index in [1.54, 1.807) is 0 Å². The molecule has 4 heteroatoms. The largest absolute Gasteiger partial charge is 0.329 e. The summed E-state index contributed by atoms with van der Waals surface area (Å²) in [6.45, 7) is 1.62. The Labute approximate surface area is 59.9 Å². The maximum atomic E-state index is 10.9. The number of rotatable bonds is 2. The number of hydrogen-bond donors (Lipinski definition) is 1. The molecule has 0 aliphatic carbocycles. The third-order valence-corrected chi connectivity index (χ3v) is 1.39. The van der Waals surface area contributed by atoms with Gasteiger partial charge < -0.3 is 5.73 Å².